The van der Waals surface area contributed by atoms with Gasteiger partial charge in [-0.05, 0) is 23.1 Å². The summed E-state index contributed by atoms with van der Waals surface area (Å²) >= 11 is 0. The molecule has 2 rings (SSSR count). The lowest BCUT2D eigenvalue weighted by Crippen LogP contribution is -2.03. The van der Waals surface area contributed by atoms with E-state index < -0.39 is 6.40 Å². The highest BCUT2D eigenvalue weighted by atomic mass is 16.1. The highest BCUT2D eigenvalue weighted by Gasteiger charge is 2.20. The number of hydrogen-bond acceptors (Lipinski definition) is 1. The lowest BCUT2D eigenvalue weighted by molar-refractivity contribution is -0.115. The quantitative estimate of drug-likeness (QED) is 0.704. The van der Waals surface area contributed by atoms with Crippen molar-refractivity contribution < 1.29 is 7.54 Å². The van der Waals surface area contributed by atoms with Gasteiger partial charge in [-0.25, -0.2) is 0 Å². The monoisotopic (exact) mass is 179 g/mol. The minimum Gasteiger partial charge on any atom is -0.326 e. The number of nitrogens with one attached hydrogen (secondary N) is 1. The van der Waals surface area contributed by atoms with E-state index in [9.17, 15) is 4.79 Å². The predicted octanol–water partition coefficient (Wildman–Crippen LogP) is 2.30. The van der Waals surface area contributed by atoms with Gasteiger partial charge in [0, 0.05) is 7.06 Å². The predicted molar refractivity (Wildman–Crippen MR) is 52.9 cm³/mol. The molecule has 1 amide bonds. The number of hydrogen-bond donors (Lipinski definition) is 1. The summed E-state index contributed by atoms with van der Waals surface area (Å²) in [5.41, 5.74) is 2.30. The van der Waals surface area contributed by atoms with Crippen molar-refractivity contribution in [1.29, 1.82) is 0 Å². The van der Waals surface area contributed by atoms with E-state index in [0.717, 1.165) is 11.1 Å². The lowest BCUT2D eigenvalue weighted by atomic mass is 9.96. The molecule has 0 saturated heterocycles. The van der Waals surface area contributed by atoms with Crippen molar-refractivity contribution in [2.24, 2.45) is 0 Å². The molecule has 1 heterocycles. The Morgan fingerprint density at radius 3 is 3.08 bits per heavy atom. The third-order valence-electron chi connectivity index (χ3n) is 2.22. The molecule has 2 heteroatoms. The fourth-order valence-corrected chi connectivity index (χ4v) is 1.57. The van der Waals surface area contributed by atoms with Crippen molar-refractivity contribution in [2.75, 3.05) is 5.32 Å². The number of carbonyl (C=O) groups excluding carboxylic acids is 1. The second-order valence-electron chi connectivity index (χ2n) is 3.53. The molecule has 1 aliphatic heterocycles. The van der Waals surface area contributed by atoms with E-state index >= 15 is 0 Å². The maximum atomic E-state index is 11.4. The van der Waals surface area contributed by atoms with Gasteiger partial charge in [0.15, 0.2) is 0 Å². The Morgan fingerprint density at radius 1 is 1.62 bits per heavy atom. The molecule has 1 aliphatic rings. The SMILES string of the molecule is [3H]c1cc2c(c(C(C)C)c1)C([3H])C(=O)N2. The van der Waals surface area contributed by atoms with Gasteiger partial charge >= 0.3 is 0 Å². The van der Waals surface area contributed by atoms with E-state index in [2.05, 4.69) is 5.32 Å². The molecule has 0 saturated carbocycles. The standard InChI is InChI=1S/C11H13NO/c1-7(2)8-4-3-5-10-9(8)6-11(13)12-10/h3-5,7H,6H2,1-2H3,(H,12,13)/i3T,6T. The third kappa shape index (κ3) is 1.32. The molecule has 0 radical (unpaired) electrons. The number of benzene rings is 1. The van der Waals surface area contributed by atoms with E-state index in [1.165, 1.54) is 0 Å². The van der Waals surface area contributed by atoms with Crippen molar-refractivity contribution in [3.8, 4) is 0 Å². The van der Waals surface area contributed by atoms with E-state index in [-0.39, 0.29) is 11.8 Å². The maximum Gasteiger partial charge on any atom is 0.228 e. The number of amides is 1. The molecule has 1 unspecified atom stereocenters. The highest BCUT2D eigenvalue weighted by Crippen LogP contribution is 2.30. The van der Waals surface area contributed by atoms with Crippen LogP contribution in [-0.2, 0) is 11.2 Å². The van der Waals surface area contributed by atoms with Gasteiger partial charge in [0.1, 0.15) is 0 Å². The first kappa shape index (κ1) is 6.19. The second kappa shape index (κ2) is 2.87. The van der Waals surface area contributed by atoms with E-state index in [1.54, 1.807) is 12.1 Å². The van der Waals surface area contributed by atoms with E-state index in [4.69, 9.17) is 2.74 Å². The molecule has 13 heavy (non-hydrogen) atoms. The molecule has 1 aromatic carbocycles. The molecule has 1 atom stereocenters. The molecule has 0 aliphatic carbocycles. The molecule has 0 aromatic heterocycles. The summed E-state index contributed by atoms with van der Waals surface area (Å²) in [7, 11) is 0. The molecule has 0 spiro atoms. The molecule has 2 nitrogen and oxygen atoms in total. The van der Waals surface area contributed by atoms with Crippen molar-refractivity contribution >= 4 is 11.6 Å². The van der Waals surface area contributed by atoms with Gasteiger partial charge in [0.2, 0.25) is 5.91 Å². The van der Waals surface area contributed by atoms with Crippen molar-refractivity contribution in [1.82, 2.24) is 0 Å². The second-order valence-corrected chi connectivity index (χ2v) is 3.53. The Morgan fingerprint density at radius 2 is 2.38 bits per heavy atom. The molecule has 68 valence electrons. The summed E-state index contributed by atoms with van der Waals surface area (Å²) in [6.45, 7) is 4.01. The van der Waals surface area contributed by atoms with E-state index in [0.29, 0.717) is 11.7 Å². The van der Waals surface area contributed by atoms with Crippen LogP contribution in [0.4, 0.5) is 5.69 Å². The van der Waals surface area contributed by atoms with Gasteiger partial charge in [-0.15, -0.1) is 0 Å². The zero-order chi connectivity index (χ0) is 11.2. The van der Waals surface area contributed by atoms with Crippen LogP contribution in [-0.4, -0.2) is 5.91 Å². The summed E-state index contributed by atoms with van der Waals surface area (Å²) in [5.74, 6) is -0.0675. The van der Waals surface area contributed by atoms with Crippen LogP contribution in [0.2, 0.25) is 0 Å². The first-order chi connectivity index (χ1) is 7.00. The van der Waals surface area contributed by atoms with Crippen molar-refractivity contribution in [3.63, 3.8) is 0 Å². The minimum atomic E-state index is -0.835. The Kier molecular flexibility index (Phi) is 1.37. The van der Waals surface area contributed by atoms with Crippen LogP contribution in [0.25, 0.3) is 0 Å². The maximum absolute atomic E-state index is 11.4. The summed E-state index contributed by atoms with van der Waals surface area (Å²) in [4.78, 5) is 11.4. The molecular formula is C11H13NO. The number of fused-ring (bicyclic) bond motifs is 1. The van der Waals surface area contributed by atoms with Gasteiger partial charge in [-0.3, -0.25) is 4.79 Å². The average molecular weight is 179 g/mol. The van der Waals surface area contributed by atoms with Crippen LogP contribution in [0.5, 0.6) is 0 Å². The zero-order valence-corrected chi connectivity index (χ0v) is 7.72. The fraction of sp³-hybridized carbons (Fsp3) is 0.364. The summed E-state index contributed by atoms with van der Waals surface area (Å²) in [5, 5.41) is 2.64. The Labute approximate surface area is 80.8 Å². The van der Waals surface area contributed by atoms with Crippen LogP contribution in [0.15, 0.2) is 18.2 Å². The Balaban J connectivity index is 2.63. The van der Waals surface area contributed by atoms with Gasteiger partial charge in [-0.1, -0.05) is 26.0 Å². The summed E-state index contributed by atoms with van der Waals surface area (Å²) in [6.07, 6.45) is -0.835. The normalized spacial score (nSPS) is 22.4. The molecular weight excluding hydrogens is 162 g/mol. The molecule has 0 bridgehead atoms. The van der Waals surface area contributed by atoms with E-state index in [1.807, 2.05) is 13.8 Å². The van der Waals surface area contributed by atoms with Crippen molar-refractivity contribution in [3.05, 3.63) is 29.3 Å². The van der Waals surface area contributed by atoms with Crippen LogP contribution in [0.1, 0.15) is 33.6 Å². The molecule has 1 N–H and O–H groups in total. The summed E-state index contributed by atoms with van der Waals surface area (Å²) in [6, 6.07) is 3.73. The first-order valence-electron chi connectivity index (χ1n) is 5.46. The van der Waals surface area contributed by atoms with Gasteiger partial charge in [0.25, 0.3) is 0 Å². The van der Waals surface area contributed by atoms with Gasteiger partial charge < -0.3 is 5.32 Å². The largest absolute Gasteiger partial charge is 0.326 e. The Hall–Kier alpha value is -1.31. The topological polar surface area (TPSA) is 29.1 Å². The fourth-order valence-electron chi connectivity index (χ4n) is 1.57. The van der Waals surface area contributed by atoms with Crippen LogP contribution in [0.3, 0.4) is 0 Å². The number of carbonyl (C=O) groups is 1. The average Bonchev–Trinajstić information content (AvgIpc) is 2.41. The summed E-state index contributed by atoms with van der Waals surface area (Å²) < 4.78 is 15.4. The van der Waals surface area contributed by atoms with Crippen LogP contribution >= 0.6 is 0 Å². The smallest absolute Gasteiger partial charge is 0.228 e. The third-order valence-corrected chi connectivity index (χ3v) is 2.22. The van der Waals surface area contributed by atoms with Crippen LogP contribution < -0.4 is 5.32 Å². The molecule has 0 fully saturated rings. The van der Waals surface area contributed by atoms with Crippen LogP contribution in [0, 0.1) is 0 Å². The number of anilines is 1. The number of rotatable bonds is 1. The van der Waals surface area contributed by atoms with Gasteiger partial charge in [-0.2, -0.15) is 0 Å². The van der Waals surface area contributed by atoms with Gasteiger partial charge in [0.05, 0.1) is 7.77 Å². The Bertz CT molecular complexity index is 429. The lowest BCUT2D eigenvalue weighted by Gasteiger charge is -2.09. The highest BCUT2D eigenvalue weighted by molar-refractivity contribution is 5.99. The first-order valence-corrected chi connectivity index (χ1v) is 4.38. The molecule has 1 aromatic rings. The van der Waals surface area contributed by atoms with Crippen molar-refractivity contribution in [2.45, 2.75) is 26.2 Å². The minimum absolute atomic E-state index is 0.226. The zero-order valence-electron chi connectivity index (χ0n) is 9.72.